The molecule has 8 heteroatoms. The SMILES string of the molecule is O=C(COC(=O)CCSc1ccc(F)cc1)NC[C@H]1COc2ccccc2O1. The van der Waals surface area contributed by atoms with Crippen molar-refractivity contribution < 1.29 is 28.2 Å². The molecule has 0 radical (unpaired) electrons. The molecule has 0 bridgehead atoms. The summed E-state index contributed by atoms with van der Waals surface area (Å²) in [5.41, 5.74) is 0. The first-order valence-corrected chi connectivity index (χ1v) is 9.78. The maximum absolute atomic E-state index is 12.8. The number of hydrogen-bond acceptors (Lipinski definition) is 6. The minimum atomic E-state index is -0.462. The Morgan fingerprint density at radius 3 is 2.68 bits per heavy atom. The van der Waals surface area contributed by atoms with E-state index in [0.29, 0.717) is 23.9 Å². The Morgan fingerprint density at radius 2 is 1.89 bits per heavy atom. The molecule has 2 aromatic rings. The van der Waals surface area contributed by atoms with Crippen LogP contribution in [0, 0.1) is 5.82 Å². The lowest BCUT2D eigenvalue weighted by molar-refractivity contribution is -0.148. The van der Waals surface area contributed by atoms with Gasteiger partial charge >= 0.3 is 5.97 Å². The Bertz CT molecular complexity index is 814. The number of ether oxygens (including phenoxy) is 3. The standard InChI is InChI=1S/C20H20FNO5S/c21-14-5-7-16(8-6-14)28-10-9-20(24)26-13-19(23)22-11-15-12-25-17-3-1-2-4-18(17)27-15/h1-8,15H,9-13H2,(H,22,23)/t15-/m0/s1. The number of benzene rings is 2. The zero-order valence-electron chi connectivity index (χ0n) is 15.1. The maximum atomic E-state index is 12.8. The summed E-state index contributed by atoms with van der Waals surface area (Å²) in [4.78, 5) is 24.4. The number of esters is 1. The van der Waals surface area contributed by atoms with Crippen LogP contribution in [0.3, 0.4) is 0 Å². The Morgan fingerprint density at radius 1 is 1.14 bits per heavy atom. The fraction of sp³-hybridized carbons (Fsp3) is 0.300. The normalized spacial score (nSPS) is 15.0. The molecular weight excluding hydrogens is 385 g/mol. The van der Waals surface area contributed by atoms with Gasteiger partial charge in [0.2, 0.25) is 0 Å². The summed E-state index contributed by atoms with van der Waals surface area (Å²) in [6.45, 7) is 0.243. The second-order valence-electron chi connectivity index (χ2n) is 6.01. The van der Waals surface area contributed by atoms with Gasteiger partial charge in [0.15, 0.2) is 18.1 Å². The molecular formula is C20H20FNO5S. The van der Waals surface area contributed by atoms with E-state index in [1.807, 2.05) is 18.2 Å². The number of carbonyl (C=O) groups excluding carboxylic acids is 2. The third-order valence-corrected chi connectivity index (χ3v) is 4.86. The number of fused-ring (bicyclic) bond motifs is 1. The topological polar surface area (TPSA) is 73.9 Å². The van der Waals surface area contributed by atoms with Crippen LogP contribution in [0.1, 0.15) is 6.42 Å². The smallest absolute Gasteiger partial charge is 0.307 e. The van der Waals surface area contributed by atoms with Crippen molar-refractivity contribution in [3.8, 4) is 11.5 Å². The number of carbonyl (C=O) groups is 2. The highest BCUT2D eigenvalue weighted by atomic mass is 32.2. The van der Waals surface area contributed by atoms with Crippen LogP contribution in [-0.4, -0.2) is 43.5 Å². The molecule has 6 nitrogen and oxygen atoms in total. The molecule has 2 aromatic carbocycles. The van der Waals surface area contributed by atoms with Gasteiger partial charge in [0.05, 0.1) is 13.0 Å². The minimum absolute atomic E-state index is 0.158. The number of halogens is 1. The maximum Gasteiger partial charge on any atom is 0.307 e. The van der Waals surface area contributed by atoms with Gasteiger partial charge in [0.25, 0.3) is 5.91 Å². The van der Waals surface area contributed by atoms with Gasteiger partial charge in [0.1, 0.15) is 18.5 Å². The molecule has 0 aromatic heterocycles. The van der Waals surface area contributed by atoms with Gasteiger partial charge in [0, 0.05) is 10.6 Å². The number of nitrogens with one attached hydrogen (secondary N) is 1. The highest BCUT2D eigenvalue weighted by Gasteiger charge is 2.21. The van der Waals surface area contributed by atoms with Crippen LogP contribution in [0.4, 0.5) is 4.39 Å². The van der Waals surface area contributed by atoms with Crippen molar-refractivity contribution in [3.05, 3.63) is 54.3 Å². The first kappa shape index (κ1) is 20.0. The quantitative estimate of drug-likeness (QED) is 0.538. The number of amides is 1. The summed E-state index contributed by atoms with van der Waals surface area (Å²) in [6, 6.07) is 13.3. The third-order valence-electron chi connectivity index (χ3n) is 3.85. The van der Waals surface area contributed by atoms with Crippen molar-refractivity contribution in [1.29, 1.82) is 0 Å². The summed E-state index contributed by atoms with van der Waals surface area (Å²) in [7, 11) is 0. The highest BCUT2D eigenvalue weighted by Crippen LogP contribution is 2.30. The van der Waals surface area contributed by atoms with Crippen LogP contribution in [0.2, 0.25) is 0 Å². The predicted molar refractivity (Wildman–Crippen MR) is 102 cm³/mol. The average Bonchev–Trinajstić information content (AvgIpc) is 2.72. The van der Waals surface area contributed by atoms with Crippen LogP contribution in [0.5, 0.6) is 11.5 Å². The average molecular weight is 405 g/mol. The van der Waals surface area contributed by atoms with E-state index in [1.165, 1.54) is 23.9 Å². The van der Waals surface area contributed by atoms with Crippen LogP contribution in [-0.2, 0) is 14.3 Å². The van der Waals surface area contributed by atoms with Crippen molar-refractivity contribution in [2.45, 2.75) is 17.4 Å². The van der Waals surface area contributed by atoms with Crippen molar-refractivity contribution >= 4 is 23.6 Å². The molecule has 28 heavy (non-hydrogen) atoms. The first-order chi connectivity index (χ1) is 13.6. The Labute approximate surface area is 166 Å². The lowest BCUT2D eigenvalue weighted by Gasteiger charge is -2.26. The van der Waals surface area contributed by atoms with Crippen LogP contribution < -0.4 is 14.8 Å². The summed E-state index contributed by atoms with van der Waals surface area (Å²) in [5, 5.41) is 2.66. The molecule has 0 saturated carbocycles. The molecule has 0 spiro atoms. The van der Waals surface area contributed by atoms with Crippen LogP contribution in [0.25, 0.3) is 0 Å². The minimum Gasteiger partial charge on any atom is -0.486 e. The van der Waals surface area contributed by atoms with E-state index < -0.39 is 11.9 Å². The van der Waals surface area contributed by atoms with E-state index >= 15 is 0 Å². The summed E-state index contributed by atoms with van der Waals surface area (Å²) in [6.07, 6.45) is -0.146. The molecule has 0 saturated heterocycles. The van der Waals surface area contributed by atoms with Crippen molar-refractivity contribution in [2.24, 2.45) is 0 Å². The predicted octanol–water partition coefficient (Wildman–Crippen LogP) is 2.81. The van der Waals surface area contributed by atoms with Crippen LogP contribution in [0.15, 0.2) is 53.4 Å². The molecule has 1 N–H and O–H groups in total. The van der Waals surface area contributed by atoms with Gasteiger partial charge in [-0.25, -0.2) is 4.39 Å². The second kappa shape index (κ2) is 9.98. The number of rotatable bonds is 8. The van der Waals surface area contributed by atoms with Gasteiger partial charge in [-0.2, -0.15) is 0 Å². The van der Waals surface area contributed by atoms with E-state index in [4.69, 9.17) is 14.2 Å². The lowest BCUT2D eigenvalue weighted by Crippen LogP contribution is -2.42. The van der Waals surface area contributed by atoms with Crippen molar-refractivity contribution in [1.82, 2.24) is 5.32 Å². The summed E-state index contributed by atoms with van der Waals surface area (Å²) in [5.74, 6) is 0.636. The number of thioether (sulfide) groups is 1. The van der Waals surface area contributed by atoms with Gasteiger partial charge in [-0.1, -0.05) is 12.1 Å². The third kappa shape index (κ3) is 6.16. The van der Waals surface area contributed by atoms with E-state index in [-0.39, 0.29) is 31.5 Å². The van der Waals surface area contributed by atoms with E-state index in [0.717, 1.165) is 4.90 Å². The zero-order valence-corrected chi connectivity index (χ0v) is 15.9. The second-order valence-corrected chi connectivity index (χ2v) is 7.18. The van der Waals surface area contributed by atoms with Gasteiger partial charge in [-0.05, 0) is 36.4 Å². The largest absolute Gasteiger partial charge is 0.486 e. The fourth-order valence-electron chi connectivity index (χ4n) is 2.44. The molecule has 3 rings (SSSR count). The van der Waals surface area contributed by atoms with Gasteiger partial charge in [-0.15, -0.1) is 11.8 Å². The lowest BCUT2D eigenvalue weighted by atomic mass is 10.2. The Hall–Kier alpha value is -2.74. The molecule has 1 aliphatic rings. The molecule has 0 fully saturated rings. The van der Waals surface area contributed by atoms with Crippen LogP contribution >= 0.6 is 11.8 Å². The van der Waals surface area contributed by atoms with Gasteiger partial charge < -0.3 is 19.5 Å². The van der Waals surface area contributed by atoms with E-state index in [1.54, 1.807) is 18.2 Å². The molecule has 0 aliphatic carbocycles. The molecule has 0 unspecified atom stereocenters. The summed E-state index contributed by atoms with van der Waals surface area (Å²) >= 11 is 1.42. The van der Waals surface area contributed by atoms with E-state index in [2.05, 4.69) is 5.32 Å². The van der Waals surface area contributed by atoms with Crippen molar-refractivity contribution in [3.63, 3.8) is 0 Å². The number of para-hydroxylation sites is 2. The molecule has 148 valence electrons. The molecule has 1 amide bonds. The van der Waals surface area contributed by atoms with Gasteiger partial charge in [-0.3, -0.25) is 9.59 Å². The fourth-order valence-corrected chi connectivity index (χ4v) is 3.28. The highest BCUT2D eigenvalue weighted by molar-refractivity contribution is 7.99. The molecule has 1 atom stereocenters. The monoisotopic (exact) mass is 405 g/mol. The zero-order chi connectivity index (χ0) is 19.8. The first-order valence-electron chi connectivity index (χ1n) is 8.79. The Kier molecular flexibility index (Phi) is 7.13. The molecule has 1 heterocycles. The van der Waals surface area contributed by atoms with Crippen molar-refractivity contribution in [2.75, 3.05) is 25.5 Å². The number of hydrogen-bond donors (Lipinski definition) is 1. The Balaban J connectivity index is 1.29. The summed E-state index contributed by atoms with van der Waals surface area (Å²) < 4.78 is 29.1. The molecule has 1 aliphatic heterocycles. The van der Waals surface area contributed by atoms with E-state index in [9.17, 15) is 14.0 Å².